The average molecular weight is 286 g/mol. The van der Waals surface area contributed by atoms with Gasteiger partial charge in [-0.3, -0.25) is 10.1 Å². The summed E-state index contributed by atoms with van der Waals surface area (Å²) in [6.45, 7) is 0.677. The quantitative estimate of drug-likeness (QED) is 0.872. The molecule has 0 fully saturated rings. The van der Waals surface area contributed by atoms with Crippen molar-refractivity contribution in [3.63, 3.8) is 0 Å². The number of hydrogen-bond acceptors (Lipinski definition) is 5. The van der Waals surface area contributed by atoms with E-state index in [1.54, 1.807) is 0 Å². The van der Waals surface area contributed by atoms with E-state index < -0.39 is 0 Å². The van der Waals surface area contributed by atoms with Crippen LogP contribution >= 0.6 is 0 Å². The van der Waals surface area contributed by atoms with Gasteiger partial charge in [0.1, 0.15) is 0 Å². The van der Waals surface area contributed by atoms with Gasteiger partial charge in [-0.2, -0.15) is 0 Å². The number of aromatic amines is 1. The van der Waals surface area contributed by atoms with Crippen molar-refractivity contribution in [1.82, 2.24) is 20.4 Å². The minimum atomic E-state index is 0.275. The van der Waals surface area contributed by atoms with Crippen molar-refractivity contribution in [3.05, 3.63) is 35.3 Å². The Morgan fingerprint density at radius 3 is 3.24 bits per heavy atom. The minimum Gasteiger partial charge on any atom is -0.348 e. The number of H-pyrrole nitrogens is 1. The third kappa shape index (κ3) is 2.76. The summed E-state index contributed by atoms with van der Waals surface area (Å²) in [7, 11) is 2.08. The molecule has 0 bridgehead atoms. The summed E-state index contributed by atoms with van der Waals surface area (Å²) in [4.78, 5) is 6.81. The summed E-state index contributed by atoms with van der Waals surface area (Å²) >= 11 is 0. The fourth-order valence-corrected chi connectivity index (χ4v) is 3.08. The Morgan fingerprint density at radius 2 is 2.38 bits per heavy atom. The fourth-order valence-electron chi connectivity index (χ4n) is 3.08. The molecule has 0 radical (unpaired) electrons. The number of anilines is 1. The molecule has 0 saturated carbocycles. The predicted molar refractivity (Wildman–Crippen MR) is 82.1 cm³/mol. The van der Waals surface area contributed by atoms with Gasteiger partial charge in [-0.1, -0.05) is 11.3 Å². The van der Waals surface area contributed by atoms with E-state index in [1.807, 2.05) is 12.3 Å². The normalized spacial score (nSPS) is 17.5. The molecule has 6 heteroatoms. The molecule has 0 amide bonds. The molecule has 3 N–H and O–H groups in total. The number of aromatic nitrogens is 4. The van der Waals surface area contributed by atoms with Crippen molar-refractivity contribution in [2.45, 2.75) is 38.1 Å². The highest BCUT2D eigenvalue weighted by Gasteiger charge is 2.27. The highest BCUT2D eigenvalue weighted by Crippen LogP contribution is 2.34. The van der Waals surface area contributed by atoms with E-state index in [2.05, 4.69) is 38.4 Å². The first-order valence-corrected chi connectivity index (χ1v) is 7.58. The molecule has 1 aliphatic carbocycles. The summed E-state index contributed by atoms with van der Waals surface area (Å²) in [6.07, 6.45) is 7.10. The van der Waals surface area contributed by atoms with Gasteiger partial charge in [0.2, 0.25) is 0 Å². The van der Waals surface area contributed by atoms with Crippen LogP contribution in [0, 0.1) is 0 Å². The first-order chi connectivity index (χ1) is 10.3. The van der Waals surface area contributed by atoms with E-state index in [0.29, 0.717) is 6.54 Å². The Hall–Kier alpha value is -1.95. The lowest BCUT2D eigenvalue weighted by atomic mass is 9.91. The van der Waals surface area contributed by atoms with Crippen molar-refractivity contribution in [3.8, 4) is 0 Å². The molecule has 3 rings (SSSR count). The molecule has 1 atom stereocenters. The molecule has 112 valence electrons. The van der Waals surface area contributed by atoms with Gasteiger partial charge in [0, 0.05) is 13.2 Å². The third-order valence-electron chi connectivity index (χ3n) is 4.20. The molecule has 6 nitrogen and oxygen atoms in total. The van der Waals surface area contributed by atoms with Gasteiger partial charge in [0.15, 0.2) is 5.82 Å². The molecule has 0 spiro atoms. The first kappa shape index (κ1) is 14.0. The number of nitrogens with one attached hydrogen (secondary N) is 1. The molecule has 0 saturated heterocycles. The van der Waals surface area contributed by atoms with E-state index in [1.165, 1.54) is 17.7 Å². The van der Waals surface area contributed by atoms with Crippen LogP contribution in [0.5, 0.6) is 0 Å². The summed E-state index contributed by atoms with van der Waals surface area (Å²) in [6, 6.07) is 4.47. The molecular weight excluding hydrogens is 264 g/mol. The Morgan fingerprint density at radius 1 is 1.48 bits per heavy atom. The van der Waals surface area contributed by atoms with Crippen molar-refractivity contribution in [1.29, 1.82) is 0 Å². The number of fused-ring (bicyclic) bond motifs is 1. The number of rotatable bonds is 5. The van der Waals surface area contributed by atoms with Crippen LogP contribution in [0.2, 0.25) is 0 Å². The van der Waals surface area contributed by atoms with E-state index in [0.717, 1.165) is 37.2 Å². The van der Waals surface area contributed by atoms with Crippen molar-refractivity contribution >= 4 is 5.82 Å². The summed E-state index contributed by atoms with van der Waals surface area (Å²) in [5.41, 5.74) is 9.19. The molecule has 21 heavy (non-hydrogen) atoms. The summed E-state index contributed by atoms with van der Waals surface area (Å²) in [5, 5.41) is 11.2. The van der Waals surface area contributed by atoms with Crippen molar-refractivity contribution < 1.29 is 0 Å². The lowest BCUT2D eigenvalue weighted by Gasteiger charge is -2.32. The smallest absolute Gasteiger partial charge is 0.174 e. The molecule has 1 aliphatic rings. The molecule has 0 aliphatic heterocycles. The number of hydrogen-bond donors (Lipinski definition) is 2. The van der Waals surface area contributed by atoms with Gasteiger partial charge in [-0.15, -0.1) is 5.10 Å². The van der Waals surface area contributed by atoms with Crippen LogP contribution in [0.3, 0.4) is 0 Å². The van der Waals surface area contributed by atoms with Crippen molar-refractivity contribution in [2.24, 2.45) is 5.73 Å². The van der Waals surface area contributed by atoms with Gasteiger partial charge in [-0.05, 0) is 50.3 Å². The minimum absolute atomic E-state index is 0.275. The Labute approximate surface area is 124 Å². The molecule has 2 heterocycles. The molecule has 1 unspecified atom stereocenters. The van der Waals surface area contributed by atoms with Gasteiger partial charge in [0.25, 0.3) is 0 Å². The number of pyridine rings is 1. The van der Waals surface area contributed by atoms with E-state index in [-0.39, 0.29) is 6.04 Å². The predicted octanol–water partition coefficient (Wildman–Crippen LogP) is 1.60. The summed E-state index contributed by atoms with van der Waals surface area (Å²) in [5.74, 6) is 0.923. The lowest BCUT2D eigenvalue weighted by molar-refractivity contribution is 0.525. The highest BCUT2D eigenvalue weighted by atomic mass is 15.4. The maximum Gasteiger partial charge on any atom is 0.174 e. The van der Waals surface area contributed by atoms with Crippen LogP contribution in [-0.2, 0) is 12.8 Å². The lowest BCUT2D eigenvalue weighted by Crippen LogP contribution is -2.29. The van der Waals surface area contributed by atoms with Crippen LogP contribution in [0.25, 0.3) is 0 Å². The van der Waals surface area contributed by atoms with Crippen molar-refractivity contribution in [2.75, 3.05) is 18.5 Å². The number of nitrogens with zero attached hydrogens (tertiary/aromatic N) is 4. The maximum absolute atomic E-state index is 5.60. The average Bonchev–Trinajstić information content (AvgIpc) is 3.00. The van der Waals surface area contributed by atoms with Gasteiger partial charge >= 0.3 is 0 Å². The van der Waals surface area contributed by atoms with Crippen LogP contribution in [0.15, 0.2) is 18.3 Å². The Balaban J connectivity index is 1.86. The van der Waals surface area contributed by atoms with Gasteiger partial charge < -0.3 is 10.6 Å². The van der Waals surface area contributed by atoms with Gasteiger partial charge in [0.05, 0.1) is 17.4 Å². The second-order valence-corrected chi connectivity index (χ2v) is 5.57. The largest absolute Gasteiger partial charge is 0.348 e. The zero-order valence-electron chi connectivity index (χ0n) is 12.4. The second kappa shape index (κ2) is 6.22. The standard InChI is InChI=1S/C15H22N6/c1-21(15-12(7-3-9-16)18-20-19-15)13-8-2-5-11-6-4-10-17-14(11)13/h4,6,10,13H,2-3,5,7-9,16H2,1H3,(H,18,19,20). The number of nitrogens with two attached hydrogens (primary N) is 1. The topological polar surface area (TPSA) is 83.7 Å². The monoisotopic (exact) mass is 286 g/mol. The van der Waals surface area contributed by atoms with Crippen LogP contribution in [-0.4, -0.2) is 34.0 Å². The zero-order chi connectivity index (χ0) is 14.7. The summed E-state index contributed by atoms with van der Waals surface area (Å²) < 4.78 is 0. The van der Waals surface area contributed by atoms with E-state index >= 15 is 0 Å². The molecule has 0 aromatic carbocycles. The zero-order valence-corrected chi connectivity index (χ0v) is 12.4. The maximum atomic E-state index is 5.60. The fraction of sp³-hybridized carbons (Fsp3) is 0.533. The Bertz CT molecular complexity index is 593. The van der Waals surface area contributed by atoms with Crippen LogP contribution in [0.1, 0.15) is 42.3 Å². The number of aryl methyl sites for hydroxylation is 2. The molecular formula is C15H22N6. The first-order valence-electron chi connectivity index (χ1n) is 7.58. The Kier molecular flexibility index (Phi) is 4.15. The van der Waals surface area contributed by atoms with Crippen LogP contribution in [0.4, 0.5) is 5.82 Å². The molecule has 2 aromatic rings. The third-order valence-corrected chi connectivity index (χ3v) is 4.20. The van der Waals surface area contributed by atoms with Gasteiger partial charge in [-0.25, -0.2) is 0 Å². The SMILES string of the molecule is CN(c1nn[nH]c1CCCN)C1CCCc2cccnc21. The second-order valence-electron chi connectivity index (χ2n) is 5.57. The highest BCUT2D eigenvalue weighted by molar-refractivity contribution is 5.45. The van der Waals surface area contributed by atoms with E-state index in [4.69, 9.17) is 5.73 Å². The van der Waals surface area contributed by atoms with Crippen LogP contribution < -0.4 is 10.6 Å². The molecule has 2 aromatic heterocycles. The van der Waals surface area contributed by atoms with E-state index in [9.17, 15) is 0 Å².